The predicted octanol–water partition coefficient (Wildman–Crippen LogP) is 3.22. The van der Waals surface area contributed by atoms with Crippen molar-refractivity contribution in [3.05, 3.63) is 81.9 Å². The zero-order valence-corrected chi connectivity index (χ0v) is 12.9. The van der Waals surface area contributed by atoms with Crippen molar-refractivity contribution in [3.63, 3.8) is 0 Å². The fraction of sp³-hybridized carbons (Fsp3) is 0. The lowest BCUT2D eigenvalue weighted by Crippen LogP contribution is -2.17. The van der Waals surface area contributed by atoms with E-state index in [1.54, 1.807) is 12.1 Å². The van der Waals surface area contributed by atoms with E-state index in [0.717, 1.165) is 10.8 Å². The molecule has 0 heterocycles. The quantitative estimate of drug-likeness (QED) is 0.434. The molecule has 0 bridgehead atoms. The molecular formula is C18H13N3O4. The number of carbonyl (C=O) groups excluding carboxylic acids is 1. The number of nitro benzene ring substituents is 1. The number of amides is 1. The van der Waals surface area contributed by atoms with Crippen LogP contribution in [0.2, 0.25) is 0 Å². The van der Waals surface area contributed by atoms with Gasteiger partial charge >= 0.3 is 5.69 Å². The standard InChI is InChI=1S/C18H13N3O4/c22-17-8-5-12(9-16(17)21(24)25)11-19-20-18(23)15-7-6-13-3-1-2-4-14(13)10-15/h1-11,22H,(H,20,23)/b19-11-. The van der Waals surface area contributed by atoms with Gasteiger partial charge in [0.05, 0.1) is 11.1 Å². The first-order chi connectivity index (χ1) is 12.0. The van der Waals surface area contributed by atoms with Gasteiger partial charge in [0.1, 0.15) is 0 Å². The summed E-state index contributed by atoms with van der Waals surface area (Å²) in [6.45, 7) is 0. The van der Waals surface area contributed by atoms with E-state index >= 15 is 0 Å². The van der Waals surface area contributed by atoms with Crippen LogP contribution in [-0.2, 0) is 0 Å². The molecule has 0 spiro atoms. The summed E-state index contributed by atoms with van der Waals surface area (Å²) in [4.78, 5) is 22.2. The largest absolute Gasteiger partial charge is 0.502 e. The Balaban J connectivity index is 1.73. The van der Waals surface area contributed by atoms with Crippen LogP contribution in [0.4, 0.5) is 5.69 Å². The minimum Gasteiger partial charge on any atom is -0.502 e. The molecule has 0 saturated carbocycles. The summed E-state index contributed by atoms with van der Waals surface area (Å²) in [5.41, 5.74) is 2.78. The molecule has 1 amide bonds. The molecular weight excluding hydrogens is 322 g/mol. The monoisotopic (exact) mass is 335 g/mol. The van der Waals surface area contributed by atoms with E-state index < -0.39 is 22.3 Å². The smallest absolute Gasteiger partial charge is 0.311 e. The first-order valence-corrected chi connectivity index (χ1v) is 7.34. The second-order valence-corrected chi connectivity index (χ2v) is 5.27. The zero-order chi connectivity index (χ0) is 17.8. The van der Waals surface area contributed by atoms with Crippen LogP contribution in [0.25, 0.3) is 10.8 Å². The molecule has 25 heavy (non-hydrogen) atoms. The number of rotatable bonds is 4. The van der Waals surface area contributed by atoms with E-state index in [9.17, 15) is 20.0 Å². The molecule has 3 aromatic carbocycles. The Morgan fingerprint density at radius 1 is 1.08 bits per heavy atom. The van der Waals surface area contributed by atoms with Crippen molar-refractivity contribution in [2.45, 2.75) is 0 Å². The number of phenols is 1. The minimum atomic E-state index is -0.694. The van der Waals surface area contributed by atoms with Gasteiger partial charge in [-0.2, -0.15) is 5.10 Å². The van der Waals surface area contributed by atoms with Crippen LogP contribution in [0.5, 0.6) is 5.75 Å². The average Bonchev–Trinajstić information content (AvgIpc) is 2.62. The second kappa shape index (κ2) is 6.79. The molecule has 0 aliphatic rings. The molecule has 0 saturated heterocycles. The molecule has 0 fully saturated rings. The van der Waals surface area contributed by atoms with Crippen LogP contribution >= 0.6 is 0 Å². The van der Waals surface area contributed by atoms with E-state index in [4.69, 9.17) is 0 Å². The number of nitro groups is 1. The number of carbonyl (C=O) groups is 1. The first-order valence-electron chi connectivity index (χ1n) is 7.34. The number of aromatic hydroxyl groups is 1. The van der Waals surface area contributed by atoms with Crippen LogP contribution in [-0.4, -0.2) is 22.2 Å². The lowest BCUT2D eigenvalue weighted by molar-refractivity contribution is -0.385. The predicted molar refractivity (Wildman–Crippen MR) is 93.8 cm³/mol. The molecule has 0 atom stereocenters. The number of hydrazone groups is 1. The number of nitrogens with zero attached hydrogens (tertiary/aromatic N) is 2. The molecule has 7 nitrogen and oxygen atoms in total. The van der Waals surface area contributed by atoms with Crippen molar-refractivity contribution in [1.82, 2.24) is 5.43 Å². The van der Waals surface area contributed by atoms with Gasteiger partial charge in [0.25, 0.3) is 5.91 Å². The fourth-order valence-electron chi connectivity index (χ4n) is 2.33. The maximum Gasteiger partial charge on any atom is 0.311 e. The van der Waals surface area contributed by atoms with Crippen molar-refractivity contribution in [2.24, 2.45) is 5.10 Å². The van der Waals surface area contributed by atoms with Gasteiger partial charge in [-0.05, 0) is 35.0 Å². The summed E-state index contributed by atoms with van der Waals surface area (Å²) in [6, 6.07) is 16.8. The van der Waals surface area contributed by atoms with Crippen LogP contribution < -0.4 is 5.43 Å². The van der Waals surface area contributed by atoms with Gasteiger partial charge in [0, 0.05) is 17.2 Å². The van der Waals surface area contributed by atoms with Crippen LogP contribution in [0, 0.1) is 10.1 Å². The zero-order valence-electron chi connectivity index (χ0n) is 12.9. The van der Waals surface area contributed by atoms with Crippen molar-refractivity contribution >= 4 is 28.6 Å². The van der Waals surface area contributed by atoms with Crippen LogP contribution in [0.15, 0.2) is 65.8 Å². The number of benzene rings is 3. The summed E-state index contributed by atoms with van der Waals surface area (Å²) >= 11 is 0. The van der Waals surface area contributed by atoms with Gasteiger partial charge in [-0.15, -0.1) is 0 Å². The van der Waals surface area contributed by atoms with E-state index in [0.29, 0.717) is 11.1 Å². The van der Waals surface area contributed by atoms with Crippen molar-refractivity contribution in [2.75, 3.05) is 0 Å². The lowest BCUT2D eigenvalue weighted by atomic mass is 10.1. The molecule has 3 aromatic rings. The van der Waals surface area contributed by atoms with Gasteiger partial charge in [-0.25, -0.2) is 5.43 Å². The summed E-state index contributed by atoms with van der Waals surface area (Å²) < 4.78 is 0. The maximum absolute atomic E-state index is 12.1. The Hall–Kier alpha value is -3.74. The van der Waals surface area contributed by atoms with Crippen molar-refractivity contribution in [1.29, 1.82) is 0 Å². The highest BCUT2D eigenvalue weighted by Gasteiger charge is 2.12. The number of fused-ring (bicyclic) bond motifs is 1. The molecule has 0 aliphatic carbocycles. The highest BCUT2D eigenvalue weighted by molar-refractivity contribution is 5.99. The third-order valence-electron chi connectivity index (χ3n) is 3.59. The van der Waals surface area contributed by atoms with Crippen LogP contribution in [0.1, 0.15) is 15.9 Å². The Morgan fingerprint density at radius 3 is 2.60 bits per heavy atom. The van der Waals surface area contributed by atoms with Crippen LogP contribution in [0.3, 0.4) is 0 Å². The Kier molecular flexibility index (Phi) is 4.38. The van der Waals surface area contributed by atoms with Gasteiger partial charge < -0.3 is 5.11 Å². The van der Waals surface area contributed by atoms with E-state index in [1.807, 2.05) is 30.3 Å². The third kappa shape index (κ3) is 3.61. The second-order valence-electron chi connectivity index (χ2n) is 5.27. The summed E-state index contributed by atoms with van der Waals surface area (Å²) in [7, 11) is 0. The van der Waals surface area contributed by atoms with Gasteiger partial charge in [0.2, 0.25) is 0 Å². The summed E-state index contributed by atoms with van der Waals surface area (Å²) in [5, 5.41) is 25.9. The molecule has 0 radical (unpaired) electrons. The Bertz CT molecular complexity index is 999. The SMILES string of the molecule is O=C(N/N=C\c1ccc(O)c([N+](=O)[O-])c1)c1ccc2ccccc2c1. The van der Waals surface area contributed by atoms with Gasteiger partial charge in [-0.1, -0.05) is 30.3 Å². The van der Waals surface area contributed by atoms with Crippen molar-refractivity contribution in [3.8, 4) is 5.75 Å². The first kappa shape index (κ1) is 16.1. The molecule has 2 N–H and O–H groups in total. The molecule has 7 heteroatoms. The molecule has 124 valence electrons. The van der Waals surface area contributed by atoms with E-state index in [1.165, 1.54) is 24.4 Å². The highest BCUT2D eigenvalue weighted by atomic mass is 16.6. The third-order valence-corrected chi connectivity index (χ3v) is 3.59. The van der Waals surface area contributed by atoms with Gasteiger partial charge in [-0.3, -0.25) is 14.9 Å². The summed E-state index contributed by atoms with van der Waals surface area (Å²) in [6.07, 6.45) is 1.27. The number of hydrogen-bond donors (Lipinski definition) is 2. The number of nitrogens with one attached hydrogen (secondary N) is 1. The normalized spacial score (nSPS) is 10.9. The average molecular weight is 335 g/mol. The van der Waals surface area contributed by atoms with E-state index in [2.05, 4.69) is 10.5 Å². The highest BCUT2D eigenvalue weighted by Crippen LogP contribution is 2.25. The maximum atomic E-state index is 12.1. The molecule has 3 rings (SSSR count). The van der Waals surface area contributed by atoms with E-state index in [-0.39, 0.29) is 0 Å². The Labute approximate surface area is 142 Å². The fourth-order valence-corrected chi connectivity index (χ4v) is 2.33. The lowest BCUT2D eigenvalue weighted by Gasteiger charge is -2.02. The summed E-state index contributed by atoms with van der Waals surface area (Å²) in [5.74, 6) is -0.822. The molecule has 0 unspecified atom stereocenters. The van der Waals surface area contributed by atoms with Crippen molar-refractivity contribution < 1.29 is 14.8 Å². The number of phenolic OH excluding ortho intramolecular Hbond substituents is 1. The van der Waals surface area contributed by atoms with Gasteiger partial charge in [0.15, 0.2) is 5.75 Å². The topological polar surface area (TPSA) is 105 Å². The molecule has 0 aliphatic heterocycles. The molecule has 0 aromatic heterocycles. The minimum absolute atomic E-state index is 0.378. The Morgan fingerprint density at radius 2 is 1.84 bits per heavy atom. The number of hydrogen-bond acceptors (Lipinski definition) is 5.